The van der Waals surface area contributed by atoms with Crippen molar-refractivity contribution in [1.82, 2.24) is 15.0 Å². The molecule has 1 saturated carbocycles. The highest BCUT2D eigenvalue weighted by Crippen LogP contribution is 2.30. The summed E-state index contributed by atoms with van der Waals surface area (Å²) in [6.45, 7) is 0. The monoisotopic (exact) mass is 339 g/mol. The first kappa shape index (κ1) is 15.3. The lowest BCUT2D eigenvalue weighted by atomic mass is 9.95. The molecule has 0 radical (unpaired) electrons. The summed E-state index contributed by atoms with van der Waals surface area (Å²) in [6, 6.07) is 13.0. The van der Waals surface area contributed by atoms with Crippen LogP contribution in [0.5, 0.6) is 0 Å². The van der Waals surface area contributed by atoms with Gasteiger partial charge in [0.1, 0.15) is 5.52 Å². The lowest BCUT2D eigenvalue weighted by Crippen LogP contribution is -2.14. The van der Waals surface area contributed by atoms with Crippen molar-refractivity contribution in [2.45, 2.75) is 38.1 Å². The fourth-order valence-corrected chi connectivity index (χ4v) is 3.57. The van der Waals surface area contributed by atoms with E-state index in [2.05, 4.69) is 10.3 Å². The number of hydrogen-bond donors (Lipinski definition) is 0. The Bertz CT molecular complexity index is 879. The average molecular weight is 340 g/mol. The van der Waals surface area contributed by atoms with Crippen LogP contribution >= 0.6 is 11.6 Å². The Labute approximate surface area is 145 Å². The van der Waals surface area contributed by atoms with E-state index < -0.39 is 0 Å². The highest BCUT2D eigenvalue weighted by Gasteiger charge is 2.20. The number of hydrogen-bond acceptors (Lipinski definition) is 3. The van der Waals surface area contributed by atoms with Crippen molar-refractivity contribution >= 4 is 28.4 Å². The topological polar surface area (TPSA) is 47.8 Å². The van der Waals surface area contributed by atoms with Gasteiger partial charge >= 0.3 is 0 Å². The van der Waals surface area contributed by atoms with Gasteiger partial charge in [-0.2, -0.15) is 0 Å². The smallest absolute Gasteiger partial charge is 0.193 e. The van der Waals surface area contributed by atoms with Gasteiger partial charge in [-0.25, -0.2) is 4.68 Å². The standard InChI is InChI=1S/C19H18ClN3O/c20-15-9-6-13(7-10-15)19(24)14-8-11-17-18(12-14)23(22-21-17)16-4-2-1-3-5-16/h6-12,16H,1-5H2. The average Bonchev–Trinajstić information content (AvgIpc) is 3.05. The Morgan fingerprint density at radius 3 is 2.46 bits per heavy atom. The minimum atomic E-state index is -0.00930. The number of halogens is 1. The molecule has 0 unspecified atom stereocenters. The quantitative estimate of drug-likeness (QED) is 0.643. The van der Waals surface area contributed by atoms with Crippen LogP contribution in [0.3, 0.4) is 0 Å². The minimum absolute atomic E-state index is 0.00930. The van der Waals surface area contributed by atoms with Crippen molar-refractivity contribution in [3.63, 3.8) is 0 Å². The van der Waals surface area contributed by atoms with Crippen LogP contribution in [0.15, 0.2) is 42.5 Å². The number of nitrogens with zero attached hydrogens (tertiary/aromatic N) is 3. The second kappa shape index (κ2) is 6.36. The normalized spacial score (nSPS) is 15.7. The van der Waals surface area contributed by atoms with Crippen molar-refractivity contribution in [2.75, 3.05) is 0 Å². The molecule has 4 nitrogen and oxygen atoms in total. The van der Waals surface area contributed by atoms with E-state index in [4.69, 9.17) is 11.6 Å². The number of carbonyl (C=O) groups excluding carboxylic acids is 1. The molecule has 0 spiro atoms. The van der Waals surface area contributed by atoms with Crippen LogP contribution in [-0.2, 0) is 0 Å². The zero-order valence-electron chi connectivity index (χ0n) is 13.3. The Kier molecular flexibility index (Phi) is 4.07. The number of benzene rings is 2. The Hall–Kier alpha value is -2.20. The SMILES string of the molecule is O=C(c1ccc(Cl)cc1)c1ccc2nnn(C3CCCCC3)c2c1. The summed E-state index contributed by atoms with van der Waals surface area (Å²) in [4.78, 5) is 12.7. The van der Waals surface area contributed by atoms with E-state index >= 15 is 0 Å². The van der Waals surface area contributed by atoms with E-state index in [1.165, 1.54) is 19.3 Å². The molecule has 2 aromatic carbocycles. The van der Waals surface area contributed by atoms with Crippen LogP contribution in [0.1, 0.15) is 54.1 Å². The van der Waals surface area contributed by atoms with Crippen molar-refractivity contribution < 1.29 is 4.79 Å². The summed E-state index contributed by atoms with van der Waals surface area (Å²) in [5, 5.41) is 9.23. The largest absolute Gasteiger partial charge is 0.289 e. The van der Waals surface area contributed by atoms with Crippen LogP contribution in [-0.4, -0.2) is 20.8 Å². The van der Waals surface area contributed by atoms with Crippen LogP contribution in [0.4, 0.5) is 0 Å². The predicted molar refractivity (Wildman–Crippen MR) is 94.5 cm³/mol. The maximum absolute atomic E-state index is 12.7. The summed E-state index contributed by atoms with van der Waals surface area (Å²) >= 11 is 5.90. The summed E-state index contributed by atoms with van der Waals surface area (Å²) in [7, 11) is 0. The number of rotatable bonds is 3. The highest BCUT2D eigenvalue weighted by atomic mass is 35.5. The molecule has 3 aromatic rings. The zero-order chi connectivity index (χ0) is 16.5. The fraction of sp³-hybridized carbons (Fsp3) is 0.316. The first-order chi connectivity index (χ1) is 11.7. The van der Waals surface area contributed by atoms with Crippen molar-refractivity contribution in [3.05, 3.63) is 58.6 Å². The molecular weight excluding hydrogens is 322 g/mol. The molecular formula is C19H18ClN3O. The molecule has 5 heteroatoms. The van der Waals surface area contributed by atoms with Crippen molar-refractivity contribution in [2.24, 2.45) is 0 Å². The van der Waals surface area contributed by atoms with E-state index in [-0.39, 0.29) is 5.78 Å². The second-order valence-electron chi connectivity index (χ2n) is 6.37. The van der Waals surface area contributed by atoms with Gasteiger partial charge in [0.25, 0.3) is 0 Å². The molecule has 0 N–H and O–H groups in total. The lowest BCUT2D eigenvalue weighted by molar-refractivity contribution is 0.103. The van der Waals surface area contributed by atoms with E-state index in [1.54, 1.807) is 24.3 Å². The molecule has 1 aromatic heterocycles. The summed E-state index contributed by atoms with van der Waals surface area (Å²) < 4.78 is 2.01. The van der Waals surface area contributed by atoms with E-state index in [9.17, 15) is 4.79 Å². The molecule has 1 heterocycles. The first-order valence-corrected chi connectivity index (χ1v) is 8.75. The second-order valence-corrected chi connectivity index (χ2v) is 6.80. The number of ketones is 1. The van der Waals surface area contributed by atoms with Crippen molar-refractivity contribution in [1.29, 1.82) is 0 Å². The van der Waals surface area contributed by atoms with Crippen LogP contribution in [0.2, 0.25) is 5.02 Å². The molecule has 4 rings (SSSR count). The minimum Gasteiger partial charge on any atom is -0.289 e. The van der Waals surface area contributed by atoms with Gasteiger partial charge in [-0.05, 0) is 55.3 Å². The van der Waals surface area contributed by atoms with Gasteiger partial charge in [-0.15, -0.1) is 5.10 Å². The van der Waals surface area contributed by atoms with E-state index in [0.717, 1.165) is 23.9 Å². The number of aromatic nitrogens is 3. The number of carbonyl (C=O) groups is 1. The third-order valence-corrected chi connectivity index (χ3v) is 5.01. The molecule has 0 amide bonds. The van der Waals surface area contributed by atoms with Gasteiger partial charge < -0.3 is 0 Å². The Balaban J connectivity index is 1.71. The molecule has 0 bridgehead atoms. The molecule has 1 aliphatic rings. The summed E-state index contributed by atoms with van der Waals surface area (Å²) in [6.07, 6.45) is 6.02. The molecule has 122 valence electrons. The molecule has 24 heavy (non-hydrogen) atoms. The summed E-state index contributed by atoms with van der Waals surface area (Å²) in [5.74, 6) is -0.00930. The van der Waals surface area contributed by atoms with Gasteiger partial charge in [0.05, 0.1) is 11.6 Å². The molecule has 0 saturated heterocycles. The third-order valence-electron chi connectivity index (χ3n) is 4.76. The van der Waals surface area contributed by atoms with Gasteiger partial charge in [0.15, 0.2) is 5.78 Å². The molecule has 0 aliphatic heterocycles. The molecule has 1 aliphatic carbocycles. The van der Waals surface area contributed by atoms with E-state index in [1.807, 2.05) is 22.9 Å². The number of fused-ring (bicyclic) bond motifs is 1. The van der Waals surface area contributed by atoms with Gasteiger partial charge in [-0.3, -0.25) is 4.79 Å². The first-order valence-electron chi connectivity index (χ1n) is 8.37. The Morgan fingerprint density at radius 2 is 1.71 bits per heavy atom. The highest BCUT2D eigenvalue weighted by molar-refractivity contribution is 6.30. The van der Waals surface area contributed by atoms with E-state index in [0.29, 0.717) is 22.2 Å². The zero-order valence-corrected chi connectivity index (χ0v) is 14.0. The maximum Gasteiger partial charge on any atom is 0.193 e. The van der Waals surface area contributed by atoms with Gasteiger partial charge in [-0.1, -0.05) is 36.1 Å². The van der Waals surface area contributed by atoms with Crippen LogP contribution < -0.4 is 0 Å². The van der Waals surface area contributed by atoms with Gasteiger partial charge in [0, 0.05) is 16.1 Å². The fourth-order valence-electron chi connectivity index (χ4n) is 3.44. The predicted octanol–water partition coefficient (Wildman–Crippen LogP) is 4.82. The van der Waals surface area contributed by atoms with Crippen LogP contribution in [0, 0.1) is 0 Å². The third kappa shape index (κ3) is 2.82. The Morgan fingerprint density at radius 1 is 1.00 bits per heavy atom. The molecule has 1 fully saturated rings. The van der Waals surface area contributed by atoms with Gasteiger partial charge in [0.2, 0.25) is 0 Å². The summed E-state index contributed by atoms with van der Waals surface area (Å²) in [5.41, 5.74) is 3.08. The van der Waals surface area contributed by atoms with Crippen molar-refractivity contribution in [3.8, 4) is 0 Å². The van der Waals surface area contributed by atoms with Crippen LogP contribution in [0.25, 0.3) is 11.0 Å². The lowest BCUT2D eigenvalue weighted by Gasteiger charge is -2.22. The molecule has 0 atom stereocenters. The maximum atomic E-state index is 12.7.